The van der Waals surface area contributed by atoms with Crippen molar-refractivity contribution in [3.8, 4) is 5.88 Å². The molecule has 2 aliphatic rings. The third kappa shape index (κ3) is 1.37. The quantitative estimate of drug-likeness (QED) is 0.695. The third-order valence-corrected chi connectivity index (χ3v) is 2.92. The Bertz CT molecular complexity index is 423. The third-order valence-electron chi connectivity index (χ3n) is 2.92. The highest BCUT2D eigenvalue weighted by Crippen LogP contribution is 2.25. The van der Waals surface area contributed by atoms with Gasteiger partial charge in [-0.1, -0.05) is 0 Å². The van der Waals surface area contributed by atoms with Crippen LogP contribution in [-0.4, -0.2) is 51.5 Å². The van der Waals surface area contributed by atoms with Crippen molar-refractivity contribution in [2.45, 2.75) is 19.1 Å². The average molecular weight is 223 g/mol. The summed E-state index contributed by atoms with van der Waals surface area (Å²) >= 11 is 0. The number of amides is 1. The fourth-order valence-corrected chi connectivity index (χ4v) is 2.01. The van der Waals surface area contributed by atoms with Gasteiger partial charge in [0.15, 0.2) is 0 Å². The van der Waals surface area contributed by atoms with Gasteiger partial charge in [0.1, 0.15) is 5.56 Å². The molecule has 1 fully saturated rings. The second-order valence-corrected chi connectivity index (χ2v) is 4.15. The van der Waals surface area contributed by atoms with Crippen LogP contribution in [0.1, 0.15) is 16.8 Å². The Balaban J connectivity index is 1.83. The molecule has 1 N–H and O–H groups in total. The Morgan fingerprint density at radius 2 is 2.38 bits per heavy atom. The van der Waals surface area contributed by atoms with Crippen LogP contribution in [0.25, 0.3) is 0 Å². The van der Waals surface area contributed by atoms with E-state index < -0.39 is 0 Å². The zero-order valence-electron chi connectivity index (χ0n) is 8.80. The van der Waals surface area contributed by atoms with Crippen molar-refractivity contribution >= 4 is 5.91 Å². The number of aliphatic hydroxyl groups is 1. The highest BCUT2D eigenvalue weighted by atomic mass is 16.5. The van der Waals surface area contributed by atoms with Crippen molar-refractivity contribution in [3.05, 3.63) is 11.8 Å². The number of carbonyl (C=O) groups is 1. The molecule has 16 heavy (non-hydrogen) atoms. The van der Waals surface area contributed by atoms with E-state index in [1.54, 1.807) is 15.8 Å². The van der Waals surface area contributed by atoms with Crippen LogP contribution in [0.2, 0.25) is 0 Å². The molecule has 86 valence electrons. The predicted octanol–water partition coefficient (Wildman–Crippen LogP) is -0.518. The number of carbonyl (C=O) groups excluding carboxylic acids is 1. The molecule has 1 aromatic rings. The van der Waals surface area contributed by atoms with Crippen molar-refractivity contribution in [1.29, 1.82) is 0 Å². The number of fused-ring (bicyclic) bond motifs is 1. The van der Waals surface area contributed by atoms with Gasteiger partial charge in [-0.3, -0.25) is 4.79 Å². The van der Waals surface area contributed by atoms with Crippen LogP contribution in [0.4, 0.5) is 0 Å². The van der Waals surface area contributed by atoms with Crippen molar-refractivity contribution < 1.29 is 14.6 Å². The normalized spacial score (nSPS) is 19.9. The van der Waals surface area contributed by atoms with Gasteiger partial charge >= 0.3 is 0 Å². The number of β-amino-alcohol motifs (C(OH)–C–C–N with tert-alkyl or cyclic N) is 1. The first-order valence-electron chi connectivity index (χ1n) is 5.41. The van der Waals surface area contributed by atoms with Crippen molar-refractivity contribution in [2.75, 3.05) is 19.7 Å². The van der Waals surface area contributed by atoms with Crippen LogP contribution >= 0.6 is 0 Å². The lowest BCUT2D eigenvalue weighted by Crippen LogP contribution is -2.53. The van der Waals surface area contributed by atoms with Crippen LogP contribution in [0, 0.1) is 0 Å². The van der Waals surface area contributed by atoms with Gasteiger partial charge in [-0.05, 0) is 0 Å². The first-order valence-corrected chi connectivity index (χ1v) is 5.41. The molecule has 6 heteroatoms. The molecule has 0 aliphatic carbocycles. The summed E-state index contributed by atoms with van der Waals surface area (Å²) in [6.45, 7) is 2.24. The van der Waals surface area contributed by atoms with Crippen molar-refractivity contribution in [2.24, 2.45) is 0 Å². The first kappa shape index (κ1) is 9.65. The Morgan fingerprint density at radius 1 is 1.56 bits per heavy atom. The highest BCUT2D eigenvalue weighted by molar-refractivity contribution is 5.96. The molecule has 0 bridgehead atoms. The maximum absolute atomic E-state index is 12.0. The largest absolute Gasteiger partial charge is 0.477 e. The monoisotopic (exact) mass is 223 g/mol. The average Bonchev–Trinajstić information content (AvgIpc) is 2.67. The van der Waals surface area contributed by atoms with Gasteiger partial charge in [0.25, 0.3) is 5.91 Å². The Labute approximate surface area is 92.4 Å². The summed E-state index contributed by atoms with van der Waals surface area (Å²) in [6, 6.07) is 0. The summed E-state index contributed by atoms with van der Waals surface area (Å²) in [5.41, 5.74) is 0.506. The van der Waals surface area contributed by atoms with Gasteiger partial charge in [-0.25, -0.2) is 4.68 Å². The lowest BCUT2D eigenvalue weighted by Gasteiger charge is -2.35. The molecule has 0 aromatic carbocycles. The van der Waals surface area contributed by atoms with Crippen LogP contribution < -0.4 is 4.74 Å². The molecule has 6 nitrogen and oxygen atoms in total. The van der Waals surface area contributed by atoms with Gasteiger partial charge in [-0.2, -0.15) is 5.10 Å². The summed E-state index contributed by atoms with van der Waals surface area (Å²) in [4.78, 5) is 13.6. The number of aliphatic hydroxyl groups excluding tert-OH is 1. The minimum absolute atomic E-state index is 0.103. The number of hydrogen-bond acceptors (Lipinski definition) is 4. The van der Waals surface area contributed by atoms with E-state index >= 15 is 0 Å². The number of rotatable bonds is 1. The van der Waals surface area contributed by atoms with Crippen molar-refractivity contribution in [1.82, 2.24) is 14.7 Å². The van der Waals surface area contributed by atoms with E-state index in [4.69, 9.17) is 9.84 Å². The maximum atomic E-state index is 12.0. The zero-order chi connectivity index (χ0) is 11.1. The summed E-state index contributed by atoms with van der Waals surface area (Å²) in [5, 5.41) is 13.3. The van der Waals surface area contributed by atoms with Gasteiger partial charge < -0.3 is 14.7 Å². The smallest absolute Gasteiger partial charge is 0.261 e. The molecule has 1 amide bonds. The fourth-order valence-electron chi connectivity index (χ4n) is 2.01. The Hall–Kier alpha value is -1.56. The number of aromatic nitrogens is 2. The molecule has 1 saturated heterocycles. The summed E-state index contributed by atoms with van der Waals surface area (Å²) < 4.78 is 7.17. The van der Waals surface area contributed by atoms with Crippen LogP contribution in [0.15, 0.2) is 6.20 Å². The van der Waals surface area contributed by atoms with E-state index in [0.29, 0.717) is 31.1 Å². The number of likely N-dealkylation sites (tertiary alicyclic amines) is 1. The van der Waals surface area contributed by atoms with E-state index in [9.17, 15) is 4.79 Å². The molecular formula is C10H13N3O3. The van der Waals surface area contributed by atoms with Gasteiger partial charge in [0, 0.05) is 26.1 Å². The molecule has 0 unspecified atom stereocenters. The molecule has 2 aliphatic heterocycles. The SMILES string of the molecule is O=C(c1cnn2c1OCCC2)N1CC(O)C1. The molecule has 0 atom stereocenters. The minimum atomic E-state index is -0.378. The topological polar surface area (TPSA) is 67.6 Å². The number of ether oxygens (including phenoxy) is 1. The maximum Gasteiger partial charge on any atom is 0.261 e. The molecular weight excluding hydrogens is 210 g/mol. The standard InChI is InChI=1S/C10H13N3O3/c14-7-5-12(6-7)9(15)8-4-11-13-2-1-3-16-10(8)13/h4,7,14H,1-3,5-6H2. The summed E-state index contributed by atoms with van der Waals surface area (Å²) in [5.74, 6) is 0.464. The van der Waals surface area contributed by atoms with E-state index in [1.165, 1.54) is 0 Å². The molecule has 3 rings (SSSR count). The highest BCUT2D eigenvalue weighted by Gasteiger charge is 2.33. The molecule has 1 aromatic heterocycles. The fraction of sp³-hybridized carbons (Fsp3) is 0.600. The predicted molar refractivity (Wildman–Crippen MR) is 54.2 cm³/mol. The van der Waals surface area contributed by atoms with E-state index in [2.05, 4.69) is 5.10 Å². The van der Waals surface area contributed by atoms with Gasteiger partial charge in [-0.15, -0.1) is 0 Å². The lowest BCUT2D eigenvalue weighted by molar-refractivity contribution is 0.00556. The van der Waals surface area contributed by atoms with E-state index in [1.807, 2.05) is 0 Å². The van der Waals surface area contributed by atoms with Crippen LogP contribution in [-0.2, 0) is 6.54 Å². The van der Waals surface area contributed by atoms with Crippen LogP contribution in [0.5, 0.6) is 5.88 Å². The van der Waals surface area contributed by atoms with Gasteiger partial charge in [0.2, 0.25) is 5.88 Å². The second kappa shape index (κ2) is 3.48. The molecule has 0 saturated carbocycles. The Kier molecular flexibility index (Phi) is 2.10. The Morgan fingerprint density at radius 3 is 3.12 bits per heavy atom. The van der Waals surface area contributed by atoms with E-state index in [0.717, 1.165) is 13.0 Å². The lowest BCUT2D eigenvalue weighted by atomic mass is 10.1. The second-order valence-electron chi connectivity index (χ2n) is 4.15. The van der Waals surface area contributed by atoms with E-state index in [-0.39, 0.29) is 12.0 Å². The summed E-state index contributed by atoms with van der Waals surface area (Å²) in [7, 11) is 0. The number of hydrogen-bond donors (Lipinski definition) is 1. The molecule has 3 heterocycles. The molecule has 0 spiro atoms. The van der Waals surface area contributed by atoms with Crippen LogP contribution in [0.3, 0.4) is 0 Å². The minimum Gasteiger partial charge on any atom is -0.477 e. The first-order chi connectivity index (χ1) is 7.75. The number of nitrogens with zero attached hydrogens (tertiary/aromatic N) is 3. The number of aryl methyl sites for hydroxylation is 1. The summed E-state index contributed by atoms with van der Waals surface area (Å²) in [6.07, 6.45) is 2.09. The van der Waals surface area contributed by atoms with Gasteiger partial charge in [0.05, 0.1) is 18.9 Å². The zero-order valence-corrected chi connectivity index (χ0v) is 8.80. The molecule has 0 radical (unpaired) electrons. The van der Waals surface area contributed by atoms with Crippen molar-refractivity contribution in [3.63, 3.8) is 0 Å².